The molecule has 1 aliphatic rings. The molecule has 0 spiro atoms. The molecule has 126 valence electrons. The number of nitrogens with zero attached hydrogens (tertiary/aromatic N) is 2. The monoisotopic (exact) mass is 324 g/mol. The van der Waals surface area contributed by atoms with E-state index in [0.717, 1.165) is 51.2 Å². The third-order valence-electron chi connectivity index (χ3n) is 4.38. The second kappa shape index (κ2) is 8.50. The lowest BCUT2D eigenvalue weighted by molar-refractivity contribution is 0.112. The van der Waals surface area contributed by atoms with E-state index >= 15 is 0 Å². The Morgan fingerprint density at radius 2 is 1.75 bits per heavy atom. The van der Waals surface area contributed by atoms with Crippen molar-refractivity contribution in [3.05, 3.63) is 60.2 Å². The first-order valence-corrected chi connectivity index (χ1v) is 8.55. The van der Waals surface area contributed by atoms with Gasteiger partial charge in [0, 0.05) is 44.0 Å². The van der Waals surface area contributed by atoms with E-state index in [-0.39, 0.29) is 0 Å². The summed E-state index contributed by atoms with van der Waals surface area (Å²) in [6.45, 7) is 6.07. The van der Waals surface area contributed by atoms with Crippen molar-refractivity contribution < 1.29 is 9.53 Å². The molecular formula is C20H24N2O2. The SMILES string of the molecule is O=Cc1cccc(OCCCN2CCN(c3ccccc3)CC2)c1. The Balaban J connectivity index is 1.35. The van der Waals surface area contributed by atoms with E-state index in [0.29, 0.717) is 12.2 Å². The van der Waals surface area contributed by atoms with Gasteiger partial charge in [0.05, 0.1) is 6.61 Å². The smallest absolute Gasteiger partial charge is 0.150 e. The van der Waals surface area contributed by atoms with E-state index in [1.165, 1.54) is 5.69 Å². The molecule has 0 N–H and O–H groups in total. The van der Waals surface area contributed by atoms with Crippen molar-refractivity contribution in [1.29, 1.82) is 0 Å². The molecule has 0 atom stereocenters. The molecule has 4 nitrogen and oxygen atoms in total. The Morgan fingerprint density at radius 3 is 2.50 bits per heavy atom. The van der Waals surface area contributed by atoms with Crippen LogP contribution in [0, 0.1) is 0 Å². The highest BCUT2D eigenvalue weighted by Gasteiger charge is 2.16. The molecule has 1 saturated heterocycles. The Kier molecular flexibility index (Phi) is 5.85. The number of hydrogen-bond acceptors (Lipinski definition) is 4. The summed E-state index contributed by atoms with van der Waals surface area (Å²) in [5.74, 6) is 0.772. The molecule has 3 rings (SSSR count). The van der Waals surface area contributed by atoms with Crippen molar-refractivity contribution in [2.75, 3.05) is 44.2 Å². The van der Waals surface area contributed by atoms with Crippen molar-refractivity contribution in [3.63, 3.8) is 0 Å². The normalized spacial score (nSPS) is 15.2. The highest BCUT2D eigenvalue weighted by molar-refractivity contribution is 5.75. The summed E-state index contributed by atoms with van der Waals surface area (Å²) in [5, 5.41) is 0. The average molecular weight is 324 g/mol. The summed E-state index contributed by atoms with van der Waals surface area (Å²) in [5.41, 5.74) is 1.97. The molecule has 24 heavy (non-hydrogen) atoms. The van der Waals surface area contributed by atoms with Crippen molar-refractivity contribution in [3.8, 4) is 5.75 Å². The molecule has 1 heterocycles. The van der Waals surface area contributed by atoms with Gasteiger partial charge in [-0.25, -0.2) is 0 Å². The van der Waals surface area contributed by atoms with E-state index in [9.17, 15) is 4.79 Å². The summed E-state index contributed by atoms with van der Waals surface area (Å²) in [6.07, 6.45) is 1.84. The van der Waals surface area contributed by atoms with E-state index in [2.05, 4.69) is 40.1 Å². The molecule has 1 fully saturated rings. The van der Waals surface area contributed by atoms with Crippen LogP contribution < -0.4 is 9.64 Å². The molecule has 0 bridgehead atoms. The number of anilines is 1. The molecule has 0 saturated carbocycles. The van der Waals surface area contributed by atoms with Crippen molar-refractivity contribution in [2.45, 2.75) is 6.42 Å². The number of carbonyl (C=O) groups excluding carboxylic acids is 1. The maximum atomic E-state index is 10.8. The summed E-state index contributed by atoms with van der Waals surface area (Å²) < 4.78 is 5.73. The van der Waals surface area contributed by atoms with Crippen molar-refractivity contribution >= 4 is 12.0 Å². The number of carbonyl (C=O) groups is 1. The average Bonchev–Trinajstić information content (AvgIpc) is 2.67. The Morgan fingerprint density at radius 1 is 0.958 bits per heavy atom. The van der Waals surface area contributed by atoms with Gasteiger partial charge in [0.1, 0.15) is 12.0 Å². The first kappa shape index (κ1) is 16.5. The predicted octanol–water partition coefficient (Wildman–Crippen LogP) is 3.09. The van der Waals surface area contributed by atoms with Gasteiger partial charge in [-0.1, -0.05) is 30.3 Å². The quantitative estimate of drug-likeness (QED) is 0.579. The summed E-state index contributed by atoms with van der Waals surface area (Å²) in [4.78, 5) is 15.7. The minimum atomic E-state index is 0.657. The first-order chi connectivity index (χ1) is 11.8. The maximum Gasteiger partial charge on any atom is 0.150 e. The highest BCUT2D eigenvalue weighted by atomic mass is 16.5. The fourth-order valence-corrected chi connectivity index (χ4v) is 3.02. The lowest BCUT2D eigenvalue weighted by atomic mass is 10.2. The minimum absolute atomic E-state index is 0.657. The number of hydrogen-bond donors (Lipinski definition) is 0. The number of rotatable bonds is 7. The molecule has 0 amide bonds. The van der Waals surface area contributed by atoms with Crippen LogP contribution in [0.2, 0.25) is 0 Å². The second-order valence-corrected chi connectivity index (χ2v) is 6.06. The van der Waals surface area contributed by atoms with Gasteiger partial charge >= 0.3 is 0 Å². The van der Waals surface area contributed by atoms with Crippen LogP contribution in [0.3, 0.4) is 0 Å². The fraction of sp³-hybridized carbons (Fsp3) is 0.350. The van der Waals surface area contributed by atoms with Crippen LogP contribution in [0.15, 0.2) is 54.6 Å². The molecule has 0 aromatic heterocycles. The summed E-state index contributed by atoms with van der Waals surface area (Å²) >= 11 is 0. The van der Waals surface area contributed by atoms with Crippen LogP contribution in [0.1, 0.15) is 16.8 Å². The van der Waals surface area contributed by atoms with Gasteiger partial charge in [-0.15, -0.1) is 0 Å². The van der Waals surface area contributed by atoms with Gasteiger partial charge in [0.25, 0.3) is 0 Å². The Labute approximate surface area is 143 Å². The fourth-order valence-electron chi connectivity index (χ4n) is 3.02. The van der Waals surface area contributed by atoms with Crippen molar-refractivity contribution in [1.82, 2.24) is 4.90 Å². The Bertz CT molecular complexity index is 637. The zero-order valence-electron chi connectivity index (χ0n) is 13.9. The van der Waals surface area contributed by atoms with E-state index in [4.69, 9.17) is 4.74 Å². The zero-order valence-corrected chi connectivity index (χ0v) is 13.9. The highest BCUT2D eigenvalue weighted by Crippen LogP contribution is 2.16. The summed E-state index contributed by atoms with van der Waals surface area (Å²) in [6, 6.07) is 17.9. The molecule has 4 heteroatoms. The number of para-hydroxylation sites is 1. The van der Waals surface area contributed by atoms with Crippen LogP contribution in [-0.2, 0) is 0 Å². The maximum absolute atomic E-state index is 10.8. The lowest BCUT2D eigenvalue weighted by Crippen LogP contribution is -2.46. The van der Waals surface area contributed by atoms with Gasteiger partial charge < -0.3 is 9.64 Å². The van der Waals surface area contributed by atoms with Crippen LogP contribution in [0.4, 0.5) is 5.69 Å². The largest absolute Gasteiger partial charge is 0.494 e. The van der Waals surface area contributed by atoms with Crippen LogP contribution >= 0.6 is 0 Å². The number of aldehydes is 1. The zero-order chi connectivity index (χ0) is 16.6. The molecule has 0 aliphatic carbocycles. The van der Waals surface area contributed by atoms with Gasteiger partial charge in [0.15, 0.2) is 0 Å². The molecule has 0 radical (unpaired) electrons. The molecule has 2 aromatic carbocycles. The van der Waals surface area contributed by atoms with Gasteiger partial charge in [-0.05, 0) is 30.7 Å². The predicted molar refractivity (Wildman–Crippen MR) is 97.0 cm³/mol. The summed E-state index contributed by atoms with van der Waals surface area (Å²) in [7, 11) is 0. The minimum Gasteiger partial charge on any atom is -0.494 e. The number of piperazine rings is 1. The van der Waals surface area contributed by atoms with Crippen LogP contribution in [0.5, 0.6) is 5.75 Å². The standard InChI is InChI=1S/C20H24N2O2/c23-17-18-6-4-9-20(16-18)24-15-5-10-21-11-13-22(14-12-21)19-7-2-1-3-8-19/h1-4,6-9,16-17H,5,10-15H2. The van der Waals surface area contributed by atoms with E-state index in [1.807, 2.05) is 12.1 Å². The number of ether oxygens (including phenoxy) is 1. The molecule has 2 aromatic rings. The molecular weight excluding hydrogens is 300 g/mol. The lowest BCUT2D eigenvalue weighted by Gasteiger charge is -2.36. The van der Waals surface area contributed by atoms with Crippen LogP contribution in [-0.4, -0.2) is 50.5 Å². The van der Waals surface area contributed by atoms with Crippen LogP contribution in [0.25, 0.3) is 0 Å². The third-order valence-corrected chi connectivity index (χ3v) is 4.38. The third kappa shape index (κ3) is 4.59. The van der Waals surface area contributed by atoms with Gasteiger partial charge in [-0.2, -0.15) is 0 Å². The van der Waals surface area contributed by atoms with Crippen molar-refractivity contribution in [2.24, 2.45) is 0 Å². The Hall–Kier alpha value is -2.33. The number of benzene rings is 2. The molecule has 0 unspecified atom stereocenters. The molecule has 1 aliphatic heterocycles. The topological polar surface area (TPSA) is 32.8 Å². The first-order valence-electron chi connectivity index (χ1n) is 8.55. The van der Waals surface area contributed by atoms with Gasteiger partial charge in [-0.3, -0.25) is 9.69 Å². The van der Waals surface area contributed by atoms with E-state index < -0.39 is 0 Å². The second-order valence-electron chi connectivity index (χ2n) is 6.06. The van der Waals surface area contributed by atoms with Gasteiger partial charge in [0.2, 0.25) is 0 Å². The van der Waals surface area contributed by atoms with E-state index in [1.54, 1.807) is 12.1 Å².